The van der Waals surface area contributed by atoms with Crippen molar-refractivity contribution < 1.29 is 9.90 Å². The number of likely N-dealkylation sites (tertiary alicyclic amines) is 1. The first kappa shape index (κ1) is 13.5. The van der Waals surface area contributed by atoms with E-state index in [0.717, 1.165) is 25.9 Å². The molecule has 0 saturated carbocycles. The van der Waals surface area contributed by atoms with Gasteiger partial charge in [0, 0.05) is 18.6 Å². The Hall–Kier alpha value is -0.610. The summed E-state index contributed by atoms with van der Waals surface area (Å²) in [6.07, 6.45) is 0.997. The molecule has 0 bridgehead atoms. The molecular formula is C12H24N2O2. The molecule has 1 rings (SSSR count). The molecule has 1 unspecified atom stereocenters. The van der Waals surface area contributed by atoms with Crippen LogP contribution >= 0.6 is 0 Å². The van der Waals surface area contributed by atoms with E-state index in [4.69, 9.17) is 0 Å². The van der Waals surface area contributed by atoms with Crippen LogP contribution in [0.15, 0.2) is 0 Å². The van der Waals surface area contributed by atoms with E-state index in [1.54, 1.807) is 0 Å². The number of aliphatic hydroxyl groups is 1. The molecule has 16 heavy (non-hydrogen) atoms. The van der Waals surface area contributed by atoms with E-state index in [0.29, 0.717) is 0 Å². The summed E-state index contributed by atoms with van der Waals surface area (Å²) in [5, 5.41) is 12.7. The Bertz CT molecular complexity index is 245. The van der Waals surface area contributed by atoms with Crippen molar-refractivity contribution in [3.05, 3.63) is 0 Å². The second-order valence-corrected chi connectivity index (χ2v) is 5.54. The van der Waals surface area contributed by atoms with Gasteiger partial charge in [-0.1, -0.05) is 13.8 Å². The van der Waals surface area contributed by atoms with Gasteiger partial charge in [-0.15, -0.1) is 0 Å². The van der Waals surface area contributed by atoms with E-state index < -0.39 is 6.10 Å². The predicted molar refractivity (Wildman–Crippen MR) is 64.1 cm³/mol. The number of hydrogen-bond donors (Lipinski definition) is 2. The fourth-order valence-electron chi connectivity index (χ4n) is 1.91. The molecule has 94 valence electrons. The number of nitrogens with one attached hydrogen (secondary N) is 1. The van der Waals surface area contributed by atoms with Crippen LogP contribution < -0.4 is 5.32 Å². The zero-order valence-electron chi connectivity index (χ0n) is 10.8. The van der Waals surface area contributed by atoms with Gasteiger partial charge in [-0.05, 0) is 32.7 Å². The third kappa shape index (κ3) is 3.46. The summed E-state index contributed by atoms with van der Waals surface area (Å²) < 4.78 is 0. The third-order valence-corrected chi connectivity index (χ3v) is 3.42. The summed E-state index contributed by atoms with van der Waals surface area (Å²) in [5.74, 6) is -0.267. The molecule has 1 heterocycles. The number of aliphatic hydroxyl groups excluding tert-OH is 1. The van der Waals surface area contributed by atoms with Gasteiger partial charge < -0.3 is 15.3 Å². The number of nitrogens with zero attached hydrogens (tertiary/aromatic N) is 1. The number of carbonyl (C=O) groups is 1. The van der Waals surface area contributed by atoms with Crippen molar-refractivity contribution in [1.29, 1.82) is 0 Å². The largest absolute Gasteiger partial charge is 0.383 e. The Morgan fingerprint density at radius 1 is 1.38 bits per heavy atom. The van der Waals surface area contributed by atoms with Crippen LogP contribution in [0.25, 0.3) is 0 Å². The normalized spacial score (nSPS) is 23.1. The molecule has 4 heteroatoms. The van der Waals surface area contributed by atoms with E-state index in [9.17, 15) is 9.90 Å². The third-order valence-electron chi connectivity index (χ3n) is 3.42. The highest BCUT2D eigenvalue weighted by Gasteiger charge is 2.32. The minimum atomic E-state index is -0.892. The standard InChI is InChI=1S/C12H24N2O2/c1-9(2)10(15)11(16)13-12(3)5-7-14(4)8-6-12/h9-10,15H,5-8H2,1-4H3,(H,13,16). The second kappa shape index (κ2) is 5.15. The first-order chi connectivity index (χ1) is 7.34. The van der Waals surface area contributed by atoms with Gasteiger partial charge in [0.2, 0.25) is 5.91 Å². The lowest BCUT2D eigenvalue weighted by Crippen LogP contribution is -2.55. The molecule has 0 aliphatic carbocycles. The zero-order chi connectivity index (χ0) is 12.3. The predicted octanol–water partition coefficient (Wildman–Crippen LogP) is 0.604. The van der Waals surface area contributed by atoms with Crippen LogP contribution in [-0.2, 0) is 4.79 Å². The van der Waals surface area contributed by atoms with Crippen molar-refractivity contribution in [2.45, 2.75) is 45.3 Å². The van der Waals surface area contributed by atoms with Crippen LogP contribution in [-0.4, -0.2) is 47.7 Å². The lowest BCUT2D eigenvalue weighted by molar-refractivity contribution is -0.133. The molecule has 1 atom stereocenters. The highest BCUT2D eigenvalue weighted by Crippen LogP contribution is 2.21. The fraction of sp³-hybridized carbons (Fsp3) is 0.917. The average Bonchev–Trinajstić information content (AvgIpc) is 2.21. The molecule has 1 amide bonds. The second-order valence-electron chi connectivity index (χ2n) is 5.54. The van der Waals surface area contributed by atoms with Crippen molar-refractivity contribution in [2.75, 3.05) is 20.1 Å². The first-order valence-corrected chi connectivity index (χ1v) is 6.03. The van der Waals surface area contributed by atoms with Crippen LogP contribution in [0, 0.1) is 5.92 Å². The summed E-state index contributed by atoms with van der Waals surface area (Å²) >= 11 is 0. The molecule has 2 N–H and O–H groups in total. The van der Waals surface area contributed by atoms with Crippen LogP contribution in [0.1, 0.15) is 33.6 Å². The van der Waals surface area contributed by atoms with Crippen molar-refractivity contribution in [2.24, 2.45) is 5.92 Å². The summed E-state index contributed by atoms with van der Waals surface area (Å²) in [7, 11) is 2.09. The van der Waals surface area contributed by atoms with E-state index in [-0.39, 0.29) is 17.4 Å². The van der Waals surface area contributed by atoms with E-state index in [1.165, 1.54) is 0 Å². The van der Waals surface area contributed by atoms with Gasteiger partial charge >= 0.3 is 0 Å². The molecule has 1 aliphatic rings. The molecular weight excluding hydrogens is 204 g/mol. The molecule has 0 aromatic carbocycles. The maximum absolute atomic E-state index is 11.8. The fourth-order valence-corrected chi connectivity index (χ4v) is 1.91. The van der Waals surface area contributed by atoms with E-state index >= 15 is 0 Å². The summed E-state index contributed by atoms with van der Waals surface area (Å²) in [5.41, 5.74) is -0.153. The SMILES string of the molecule is CC(C)C(O)C(=O)NC1(C)CCN(C)CC1. The molecule has 4 nitrogen and oxygen atoms in total. The van der Waals surface area contributed by atoms with Gasteiger partial charge in [-0.2, -0.15) is 0 Å². The monoisotopic (exact) mass is 228 g/mol. The van der Waals surface area contributed by atoms with Gasteiger partial charge in [-0.25, -0.2) is 0 Å². The molecule has 1 saturated heterocycles. The Kier molecular flexibility index (Phi) is 4.33. The van der Waals surface area contributed by atoms with Crippen molar-refractivity contribution in [3.63, 3.8) is 0 Å². The summed E-state index contributed by atoms with van der Waals surface area (Å²) in [6, 6.07) is 0. The lowest BCUT2D eigenvalue weighted by atomic mass is 9.89. The molecule has 0 aromatic heterocycles. The maximum Gasteiger partial charge on any atom is 0.249 e. The topological polar surface area (TPSA) is 52.6 Å². The highest BCUT2D eigenvalue weighted by atomic mass is 16.3. The summed E-state index contributed by atoms with van der Waals surface area (Å²) in [4.78, 5) is 14.0. The Labute approximate surface area is 98.0 Å². The number of rotatable bonds is 3. The Morgan fingerprint density at radius 2 is 1.88 bits per heavy atom. The maximum atomic E-state index is 11.8. The number of carbonyl (C=O) groups excluding carboxylic acids is 1. The highest BCUT2D eigenvalue weighted by molar-refractivity contribution is 5.81. The molecule has 1 aliphatic heterocycles. The van der Waals surface area contributed by atoms with E-state index in [2.05, 4.69) is 24.2 Å². The van der Waals surface area contributed by atoms with E-state index in [1.807, 2.05) is 13.8 Å². The molecule has 1 fully saturated rings. The van der Waals surface area contributed by atoms with Gasteiger partial charge in [0.05, 0.1) is 0 Å². The van der Waals surface area contributed by atoms with Crippen molar-refractivity contribution in [3.8, 4) is 0 Å². The van der Waals surface area contributed by atoms with Crippen molar-refractivity contribution >= 4 is 5.91 Å². The van der Waals surface area contributed by atoms with Gasteiger partial charge in [0.1, 0.15) is 6.10 Å². The number of amides is 1. The van der Waals surface area contributed by atoms with Crippen LogP contribution in [0.3, 0.4) is 0 Å². The smallest absolute Gasteiger partial charge is 0.249 e. The summed E-state index contributed by atoms with van der Waals surface area (Å²) in [6.45, 7) is 7.75. The molecule has 0 spiro atoms. The minimum Gasteiger partial charge on any atom is -0.383 e. The number of piperidine rings is 1. The zero-order valence-corrected chi connectivity index (χ0v) is 10.8. The van der Waals surface area contributed by atoms with Gasteiger partial charge in [0.15, 0.2) is 0 Å². The average molecular weight is 228 g/mol. The first-order valence-electron chi connectivity index (χ1n) is 6.03. The van der Waals surface area contributed by atoms with Gasteiger partial charge in [-0.3, -0.25) is 4.79 Å². The van der Waals surface area contributed by atoms with Gasteiger partial charge in [0.25, 0.3) is 0 Å². The minimum absolute atomic E-state index is 0.0325. The lowest BCUT2D eigenvalue weighted by Gasteiger charge is -2.39. The Balaban J connectivity index is 2.50. The molecule has 0 radical (unpaired) electrons. The quantitative estimate of drug-likeness (QED) is 0.744. The van der Waals surface area contributed by atoms with Crippen LogP contribution in [0.2, 0.25) is 0 Å². The number of hydrogen-bond acceptors (Lipinski definition) is 3. The van der Waals surface area contributed by atoms with Crippen LogP contribution in [0.4, 0.5) is 0 Å². The van der Waals surface area contributed by atoms with Crippen LogP contribution in [0.5, 0.6) is 0 Å². The molecule has 0 aromatic rings. The van der Waals surface area contributed by atoms with Crippen molar-refractivity contribution in [1.82, 2.24) is 10.2 Å². The Morgan fingerprint density at radius 3 is 2.31 bits per heavy atom.